The second-order valence-corrected chi connectivity index (χ2v) is 5.16. The van der Waals surface area contributed by atoms with Crippen LogP contribution in [0.25, 0.3) is 0 Å². The van der Waals surface area contributed by atoms with Gasteiger partial charge in [-0.05, 0) is 43.0 Å². The summed E-state index contributed by atoms with van der Waals surface area (Å²) in [7, 11) is 5.79. The third kappa shape index (κ3) is 4.75. The van der Waals surface area contributed by atoms with E-state index in [1.165, 1.54) is 16.9 Å². The van der Waals surface area contributed by atoms with Crippen LogP contribution in [0, 0.1) is 0 Å². The quantitative estimate of drug-likeness (QED) is 0.803. The van der Waals surface area contributed by atoms with E-state index in [9.17, 15) is 0 Å². The number of rotatable bonds is 6. The van der Waals surface area contributed by atoms with E-state index in [4.69, 9.17) is 4.74 Å². The lowest BCUT2D eigenvalue weighted by molar-refractivity contribution is 0.348. The number of hydrogen-bond acceptors (Lipinski definition) is 6. The van der Waals surface area contributed by atoms with E-state index in [1.54, 1.807) is 0 Å². The van der Waals surface area contributed by atoms with Gasteiger partial charge in [-0.2, -0.15) is 0 Å². The maximum atomic E-state index is 5.62. The van der Waals surface area contributed by atoms with Crippen molar-refractivity contribution in [1.29, 1.82) is 0 Å². The van der Waals surface area contributed by atoms with Crippen LogP contribution in [-0.2, 0) is 0 Å². The van der Waals surface area contributed by atoms with Crippen LogP contribution in [0.5, 0.6) is 5.19 Å². The molecule has 1 rings (SSSR count). The highest BCUT2D eigenvalue weighted by molar-refractivity contribution is 7.16. The van der Waals surface area contributed by atoms with E-state index in [2.05, 4.69) is 35.4 Å². The number of ether oxygens (including phenoxy) is 1. The smallest absolute Gasteiger partial charge is 0.296 e. The Kier molecular flexibility index (Phi) is 5.64. The van der Waals surface area contributed by atoms with Crippen LogP contribution in [0.1, 0.15) is 13.8 Å². The highest BCUT2D eigenvalue weighted by atomic mass is 32.1. The van der Waals surface area contributed by atoms with Crippen molar-refractivity contribution in [1.82, 2.24) is 15.1 Å². The topological polar surface area (TPSA) is 50.3 Å². The van der Waals surface area contributed by atoms with Crippen LogP contribution in [0.2, 0.25) is 0 Å². The van der Waals surface area contributed by atoms with Gasteiger partial charge in [0.2, 0.25) is 5.13 Å². The first kappa shape index (κ1) is 14.5. The minimum Gasteiger partial charge on any atom is -0.464 e. The Balaban J connectivity index is 2.61. The maximum absolute atomic E-state index is 5.62. The first-order valence-electron chi connectivity index (χ1n) is 5.68. The molecule has 5 nitrogen and oxygen atoms in total. The standard InChI is InChI=1S/C12H20N4OS/c1-9(2)10(6-7-16(4)5)8-17-12-15-14-11(13-3)18-12/h6-7H,8H2,1-5H3,(H,13,14)/b7-6-. The Labute approximate surface area is 112 Å². The molecule has 0 amide bonds. The molecule has 1 heterocycles. The molecule has 18 heavy (non-hydrogen) atoms. The van der Waals surface area contributed by atoms with Gasteiger partial charge >= 0.3 is 0 Å². The van der Waals surface area contributed by atoms with Gasteiger partial charge in [-0.25, -0.2) is 0 Å². The summed E-state index contributed by atoms with van der Waals surface area (Å²) in [6.45, 7) is 4.64. The number of hydrogen-bond donors (Lipinski definition) is 1. The van der Waals surface area contributed by atoms with Crippen molar-refractivity contribution in [2.24, 2.45) is 0 Å². The van der Waals surface area contributed by atoms with E-state index in [0.717, 1.165) is 10.7 Å². The highest BCUT2D eigenvalue weighted by Gasteiger charge is 2.04. The summed E-state index contributed by atoms with van der Waals surface area (Å²) in [6, 6.07) is 0. The highest BCUT2D eigenvalue weighted by Crippen LogP contribution is 2.22. The summed E-state index contributed by atoms with van der Waals surface area (Å²) >= 11 is 1.40. The van der Waals surface area contributed by atoms with Crippen LogP contribution in [0.15, 0.2) is 23.4 Å². The van der Waals surface area contributed by atoms with E-state index < -0.39 is 0 Å². The summed E-state index contributed by atoms with van der Waals surface area (Å²) in [4.78, 5) is 1.99. The molecule has 1 N–H and O–H groups in total. The minimum absolute atomic E-state index is 0.505. The number of anilines is 1. The Morgan fingerprint density at radius 2 is 2.11 bits per heavy atom. The number of aromatic nitrogens is 2. The molecule has 100 valence electrons. The van der Waals surface area contributed by atoms with Gasteiger partial charge in [0.05, 0.1) is 0 Å². The fraction of sp³-hybridized carbons (Fsp3) is 0.500. The van der Waals surface area contributed by atoms with Gasteiger partial charge in [-0.15, -0.1) is 5.10 Å². The summed E-state index contributed by atoms with van der Waals surface area (Å²) in [5, 5.41) is 12.1. The second kappa shape index (κ2) is 7.00. The molecule has 0 fully saturated rings. The zero-order valence-corrected chi connectivity index (χ0v) is 12.3. The van der Waals surface area contributed by atoms with Crippen molar-refractivity contribution in [3.05, 3.63) is 23.4 Å². The number of allylic oxidation sites excluding steroid dienone is 1. The Hall–Kier alpha value is -1.56. The zero-order valence-electron chi connectivity index (χ0n) is 11.5. The lowest BCUT2D eigenvalue weighted by Gasteiger charge is -2.08. The minimum atomic E-state index is 0.505. The molecule has 0 aliphatic rings. The summed E-state index contributed by atoms with van der Waals surface area (Å²) in [5.41, 5.74) is 2.37. The van der Waals surface area contributed by atoms with Crippen LogP contribution in [-0.4, -0.2) is 42.8 Å². The summed E-state index contributed by atoms with van der Waals surface area (Å²) in [6.07, 6.45) is 4.06. The molecule has 0 saturated heterocycles. The van der Waals surface area contributed by atoms with Gasteiger partial charge < -0.3 is 15.0 Å². The van der Waals surface area contributed by atoms with Crippen LogP contribution < -0.4 is 10.1 Å². The number of nitrogens with zero attached hydrogens (tertiary/aromatic N) is 3. The van der Waals surface area contributed by atoms with Gasteiger partial charge in [-0.1, -0.05) is 10.7 Å². The lowest BCUT2D eigenvalue weighted by atomic mass is 10.1. The van der Waals surface area contributed by atoms with Crippen LogP contribution >= 0.6 is 11.3 Å². The predicted octanol–water partition coefficient (Wildman–Crippen LogP) is 2.37. The van der Waals surface area contributed by atoms with Crippen molar-refractivity contribution in [3.63, 3.8) is 0 Å². The van der Waals surface area contributed by atoms with Crippen molar-refractivity contribution in [2.75, 3.05) is 33.1 Å². The third-order valence-corrected chi connectivity index (χ3v) is 3.04. The fourth-order valence-electron chi connectivity index (χ4n) is 1.11. The molecule has 0 aromatic carbocycles. The average Bonchev–Trinajstić information content (AvgIpc) is 2.76. The zero-order chi connectivity index (χ0) is 13.5. The third-order valence-electron chi connectivity index (χ3n) is 2.19. The second-order valence-electron chi connectivity index (χ2n) is 4.22. The molecule has 1 aromatic rings. The number of nitrogens with one attached hydrogen (secondary N) is 1. The molecule has 0 spiro atoms. The molecular formula is C12H20N4OS. The molecule has 0 unspecified atom stereocenters. The molecule has 0 aliphatic carbocycles. The Morgan fingerprint density at radius 3 is 2.61 bits per heavy atom. The first-order chi connectivity index (χ1) is 8.52. The van der Waals surface area contributed by atoms with Crippen LogP contribution in [0.3, 0.4) is 0 Å². The van der Waals surface area contributed by atoms with Gasteiger partial charge in [-0.3, -0.25) is 0 Å². The molecule has 0 bridgehead atoms. The van der Waals surface area contributed by atoms with Gasteiger partial charge in [0.15, 0.2) is 0 Å². The SMILES string of the molecule is CNc1nnc(OCC(/C=C\N(C)C)=C(C)C)s1. The van der Waals surface area contributed by atoms with E-state index >= 15 is 0 Å². The van der Waals surface area contributed by atoms with Crippen molar-refractivity contribution < 1.29 is 4.74 Å². The summed E-state index contributed by atoms with van der Waals surface area (Å²) in [5.74, 6) is 0. The van der Waals surface area contributed by atoms with Crippen molar-refractivity contribution in [2.45, 2.75) is 13.8 Å². The molecule has 0 aliphatic heterocycles. The summed E-state index contributed by atoms with van der Waals surface area (Å²) < 4.78 is 5.62. The predicted molar refractivity (Wildman–Crippen MR) is 76.2 cm³/mol. The van der Waals surface area contributed by atoms with E-state index in [1.807, 2.05) is 32.2 Å². The van der Waals surface area contributed by atoms with Gasteiger partial charge in [0, 0.05) is 21.1 Å². The average molecular weight is 268 g/mol. The molecule has 6 heteroatoms. The molecule has 0 atom stereocenters. The maximum Gasteiger partial charge on any atom is 0.296 e. The van der Waals surface area contributed by atoms with Crippen LogP contribution in [0.4, 0.5) is 5.13 Å². The van der Waals surface area contributed by atoms with E-state index in [0.29, 0.717) is 11.8 Å². The molecule has 0 radical (unpaired) electrons. The van der Waals surface area contributed by atoms with Gasteiger partial charge in [0.25, 0.3) is 5.19 Å². The lowest BCUT2D eigenvalue weighted by Crippen LogP contribution is -2.04. The molecule has 1 aromatic heterocycles. The fourth-order valence-corrected chi connectivity index (χ4v) is 1.66. The van der Waals surface area contributed by atoms with Crippen molar-refractivity contribution in [3.8, 4) is 5.19 Å². The molecular weight excluding hydrogens is 248 g/mol. The molecule has 0 saturated carbocycles. The normalized spacial score (nSPS) is 10.5. The van der Waals surface area contributed by atoms with Gasteiger partial charge in [0.1, 0.15) is 6.61 Å². The Bertz CT molecular complexity index is 433. The van der Waals surface area contributed by atoms with Crippen molar-refractivity contribution >= 4 is 16.5 Å². The largest absolute Gasteiger partial charge is 0.464 e. The monoisotopic (exact) mass is 268 g/mol. The Morgan fingerprint density at radius 1 is 1.39 bits per heavy atom. The van der Waals surface area contributed by atoms with E-state index in [-0.39, 0.29) is 0 Å². The first-order valence-corrected chi connectivity index (χ1v) is 6.49.